The van der Waals surface area contributed by atoms with Gasteiger partial charge in [0.05, 0.1) is 11.4 Å². The van der Waals surface area contributed by atoms with Crippen molar-refractivity contribution in [1.82, 2.24) is 0 Å². The Morgan fingerprint density at radius 3 is 2.44 bits per heavy atom. The van der Waals surface area contributed by atoms with Gasteiger partial charge in [0.15, 0.2) is 0 Å². The minimum atomic E-state index is -1.46. The smallest absolute Gasteiger partial charge is 0.129 e. The lowest BCUT2D eigenvalue weighted by molar-refractivity contribution is 1.86. The third-order valence-electron chi connectivity index (χ3n) is 2.99. The number of fused-ring (bicyclic) bond motifs is 3. The SMILES string of the molecule is C[Si]1(C)c2sc(Br)cc2-c2c(Br)sc(Br)c21. The van der Waals surface area contributed by atoms with Crippen LogP contribution in [-0.2, 0) is 0 Å². The number of hydrogen-bond donors (Lipinski definition) is 0. The lowest BCUT2D eigenvalue weighted by Gasteiger charge is -2.16. The van der Waals surface area contributed by atoms with Crippen LogP contribution < -0.4 is 9.69 Å². The first-order valence-electron chi connectivity index (χ1n) is 4.71. The van der Waals surface area contributed by atoms with Crippen LogP contribution in [0.1, 0.15) is 0 Å². The summed E-state index contributed by atoms with van der Waals surface area (Å²) >= 11 is 14.7. The van der Waals surface area contributed by atoms with E-state index in [2.05, 4.69) is 67.0 Å². The minimum Gasteiger partial charge on any atom is -0.137 e. The van der Waals surface area contributed by atoms with E-state index in [1.54, 1.807) is 21.0 Å². The van der Waals surface area contributed by atoms with Gasteiger partial charge in [-0.1, -0.05) is 13.1 Å². The van der Waals surface area contributed by atoms with Gasteiger partial charge in [0.2, 0.25) is 0 Å². The summed E-state index contributed by atoms with van der Waals surface area (Å²) in [6.45, 7) is 4.87. The third kappa shape index (κ3) is 1.47. The van der Waals surface area contributed by atoms with Crippen LogP contribution in [0.25, 0.3) is 11.1 Å². The summed E-state index contributed by atoms with van der Waals surface area (Å²) in [7, 11) is -1.46. The molecule has 3 rings (SSSR count). The minimum absolute atomic E-state index is 1.25. The maximum absolute atomic E-state index is 3.72. The molecule has 6 heteroatoms. The monoisotopic (exact) mass is 456 g/mol. The van der Waals surface area contributed by atoms with Gasteiger partial charge >= 0.3 is 0 Å². The van der Waals surface area contributed by atoms with E-state index in [9.17, 15) is 0 Å². The molecule has 0 N–H and O–H groups in total. The summed E-state index contributed by atoms with van der Waals surface area (Å²) in [6, 6.07) is 2.27. The van der Waals surface area contributed by atoms with Crippen LogP contribution in [0.15, 0.2) is 17.4 Å². The molecule has 2 aromatic rings. The molecule has 0 bridgehead atoms. The summed E-state index contributed by atoms with van der Waals surface area (Å²) in [5.41, 5.74) is 2.88. The third-order valence-corrected chi connectivity index (χ3v) is 12.5. The van der Waals surface area contributed by atoms with Gasteiger partial charge in [-0.05, 0) is 64.6 Å². The maximum atomic E-state index is 3.72. The number of halogens is 3. The second-order valence-electron chi connectivity index (χ2n) is 4.32. The van der Waals surface area contributed by atoms with Crippen molar-refractivity contribution in [2.45, 2.75) is 13.1 Å². The van der Waals surface area contributed by atoms with E-state index in [4.69, 9.17) is 0 Å². The summed E-state index contributed by atoms with van der Waals surface area (Å²) in [5, 5.41) is 1.57. The predicted octanol–water partition coefficient (Wildman–Crippen LogP) is 4.90. The van der Waals surface area contributed by atoms with Crippen LogP contribution in [-0.4, -0.2) is 8.07 Å². The average Bonchev–Trinajstić information content (AvgIpc) is 2.71. The first-order chi connectivity index (χ1) is 7.43. The molecular weight excluding hydrogens is 452 g/mol. The Morgan fingerprint density at radius 1 is 1.06 bits per heavy atom. The quantitative estimate of drug-likeness (QED) is 0.492. The van der Waals surface area contributed by atoms with Crippen molar-refractivity contribution in [3.8, 4) is 11.1 Å². The maximum Gasteiger partial charge on any atom is 0.129 e. The zero-order valence-electron chi connectivity index (χ0n) is 8.53. The molecule has 0 fully saturated rings. The molecule has 1 aliphatic rings. The van der Waals surface area contributed by atoms with Gasteiger partial charge < -0.3 is 0 Å². The first-order valence-corrected chi connectivity index (χ1v) is 11.7. The molecule has 2 aromatic heterocycles. The van der Waals surface area contributed by atoms with E-state index < -0.39 is 8.07 Å². The van der Waals surface area contributed by atoms with Gasteiger partial charge in [-0.15, -0.1) is 22.7 Å². The molecule has 0 saturated heterocycles. The van der Waals surface area contributed by atoms with Gasteiger partial charge in [0, 0.05) is 10.1 Å². The van der Waals surface area contributed by atoms with E-state index >= 15 is 0 Å². The Morgan fingerprint density at radius 2 is 1.75 bits per heavy atom. The second-order valence-corrected chi connectivity index (χ2v) is 15.0. The van der Waals surface area contributed by atoms with E-state index in [0.29, 0.717) is 0 Å². The Hall–Kier alpha value is 1.06. The molecule has 0 spiro atoms. The van der Waals surface area contributed by atoms with E-state index in [1.165, 1.54) is 22.5 Å². The highest BCUT2D eigenvalue weighted by atomic mass is 79.9. The van der Waals surface area contributed by atoms with Gasteiger partial charge in [-0.3, -0.25) is 0 Å². The summed E-state index contributed by atoms with van der Waals surface area (Å²) in [5.74, 6) is 0. The number of hydrogen-bond acceptors (Lipinski definition) is 2. The lowest BCUT2D eigenvalue weighted by atomic mass is 10.2. The summed E-state index contributed by atoms with van der Waals surface area (Å²) in [4.78, 5) is 0. The molecule has 0 amide bonds. The van der Waals surface area contributed by atoms with Crippen molar-refractivity contribution < 1.29 is 0 Å². The van der Waals surface area contributed by atoms with Crippen molar-refractivity contribution in [3.05, 3.63) is 17.4 Å². The normalized spacial score (nSPS) is 16.3. The van der Waals surface area contributed by atoms with Crippen LogP contribution in [0.4, 0.5) is 0 Å². The highest BCUT2D eigenvalue weighted by Crippen LogP contribution is 2.45. The molecule has 3 heterocycles. The van der Waals surface area contributed by atoms with Crippen LogP contribution in [0, 0.1) is 0 Å². The Kier molecular flexibility index (Phi) is 2.86. The molecular formula is C10H7Br3S2Si. The number of thiophene rings is 2. The molecule has 16 heavy (non-hydrogen) atoms. The van der Waals surface area contributed by atoms with Gasteiger partial charge in [-0.25, -0.2) is 0 Å². The van der Waals surface area contributed by atoms with Crippen molar-refractivity contribution in [2.75, 3.05) is 0 Å². The van der Waals surface area contributed by atoms with Gasteiger partial charge in [0.25, 0.3) is 0 Å². The first kappa shape index (κ1) is 12.1. The Bertz CT molecular complexity index is 597. The van der Waals surface area contributed by atoms with Crippen molar-refractivity contribution in [2.24, 2.45) is 0 Å². The van der Waals surface area contributed by atoms with Crippen molar-refractivity contribution in [1.29, 1.82) is 0 Å². The fourth-order valence-corrected chi connectivity index (χ4v) is 13.8. The molecule has 0 aliphatic carbocycles. The number of rotatable bonds is 0. The fraction of sp³-hybridized carbons (Fsp3) is 0.200. The Labute approximate surface area is 128 Å². The van der Waals surface area contributed by atoms with Gasteiger partial charge in [-0.2, -0.15) is 0 Å². The van der Waals surface area contributed by atoms with Crippen LogP contribution >= 0.6 is 70.5 Å². The molecule has 0 aromatic carbocycles. The molecule has 0 unspecified atom stereocenters. The second kappa shape index (κ2) is 3.77. The molecule has 0 radical (unpaired) electrons. The molecule has 0 atom stereocenters. The fourth-order valence-electron chi connectivity index (χ4n) is 2.30. The van der Waals surface area contributed by atoms with E-state index in [1.807, 2.05) is 11.3 Å². The zero-order chi connectivity index (χ0) is 11.7. The van der Waals surface area contributed by atoms with Crippen molar-refractivity contribution >= 4 is 88.2 Å². The van der Waals surface area contributed by atoms with E-state index in [0.717, 1.165) is 0 Å². The Balaban J connectivity index is 2.44. The zero-order valence-corrected chi connectivity index (χ0v) is 15.9. The lowest BCUT2D eigenvalue weighted by Crippen LogP contribution is -2.48. The topological polar surface area (TPSA) is 0 Å². The van der Waals surface area contributed by atoms with Crippen LogP contribution in [0.5, 0.6) is 0 Å². The van der Waals surface area contributed by atoms with Crippen molar-refractivity contribution in [3.63, 3.8) is 0 Å². The predicted molar refractivity (Wildman–Crippen MR) is 87.5 cm³/mol. The molecule has 84 valence electrons. The molecule has 0 saturated carbocycles. The highest BCUT2D eigenvalue weighted by molar-refractivity contribution is 9.12. The average molecular weight is 459 g/mol. The van der Waals surface area contributed by atoms with Crippen LogP contribution in [0.2, 0.25) is 13.1 Å². The van der Waals surface area contributed by atoms with Gasteiger partial charge in [0.1, 0.15) is 8.07 Å². The standard InChI is InChI=1S/C10H7Br3S2Si/c1-16(2)7-6(8(12)15-9(7)13)4-3-5(11)14-10(4)16/h3H,1-2H3. The molecule has 0 nitrogen and oxygen atoms in total. The summed E-state index contributed by atoms with van der Waals surface area (Å²) < 4.78 is 5.42. The summed E-state index contributed by atoms with van der Waals surface area (Å²) in [6.07, 6.45) is 0. The highest BCUT2D eigenvalue weighted by Gasteiger charge is 2.43. The van der Waals surface area contributed by atoms with Crippen LogP contribution in [0.3, 0.4) is 0 Å². The van der Waals surface area contributed by atoms with E-state index in [-0.39, 0.29) is 0 Å². The largest absolute Gasteiger partial charge is 0.137 e. The molecule has 1 aliphatic heterocycles.